The van der Waals surface area contributed by atoms with Gasteiger partial charge in [0.1, 0.15) is 16.5 Å². The Balaban J connectivity index is 1.43. The molecule has 7 nitrogen and oxygen atoms in total. The van der Waals surface area contributed by atoms with Gasteiger partial charge in [-0.2, -0.15) is 5.10 Å². The van der Waals surface area contributed by atoms with Crippen LogP contribution in [0.5, 0.6) is 0 Å². The molecule has 0 aliphatic carbocycles. The van der Waals surface area contributed by atoms with E-state index in [2.05, 4.69) is 20.5 Å². The Hall–Kier alpha value is -2.74. The average molecular weight is 355 g/mol. The molecule has 128 valence electrons. The number of hydrogen-bond donors (Lipinski definition) is 2. The van der Waals surface area contributed by atoms with Crippen molar-refractivity contribution in [2.24, 2.45) is 0 Å². The van der Waals surface area contributed by atoms with E-state index in [-0.39, 0.29) is 17.6 Å². The van der Waals surface area contributed by atoms with Crippen LogP contribution in [0.1, 0.15) is 29.2 Å². The summed E-state index contributed by atoms with van der Waals surface area (Å²) < 4.78 is 1.64. The molecule has 2 aromatic heterocycles. The lowest BCUT2D eigenvalue weighted by Gasteiger charge is -2.14. The van der Waals surface area contributed by atoms with Crippen molar-refractivity contribution < 1.29 is 4.79 Å². The summed E-state index contributed by atoms with van der Waals surface area (Å²) in [4.78, 5) is 28.6. The van der Waals surface area contributed by atoms with Crippen molar-refractivity contribution in [3.8, 4) is 10.6 Å². The van der Waals surface area contributed by atoms with E-state index in [1.165, 1.54) is 11.3 Å². The number of rotatable bonds is 3. The van der Waals surface area contributed by atoms with Crippen LogP contribution in [0, 0.1) is 0 Å². The molecule has 2 N–H and O–H groups in total. The molecule has 3 heterocycles. The molecule has 0 saturated carbocycles. The van der Waals surface area contributed by atoms with Gasteiger partial charge < -0.3 is 5.32 Å². The second-order valence-electron chi connectivity index (χ2n) is 6.00. The van der Waals surface area contributed by atoms with Gasteiger partial charge in [0.2, 0.25) is 0 Å². The third-order valence-corrected chi connectivity index (χ3v) is 5.24. The highest BCUT2D eigenvalue weighted by molar-refractivity contribution is 7.13. The Labute approximate surface area is 147 Å². The van der Waals surface area contributed by atoms with Crippen LogP contribution in [-0.2, 0) is 13.0 Å². The maximum absolute atomic E-state index is 12.5. The number of nitrogens with one attached hydrogen (secondary N) is 2. The van der Waals surface area contributed by atoms with E-state index in [0.29, 0.717) is 25.1 Å². The minimum atomic E-state index is -0.186. The van der Waals surface area contributed by atoms with Gasteiger partial charge in [-0.05, 0) is 12.8 Å². The molecule has 0 fully saturated rings. The molecular formula is C17H17N5O2S. The van der Waals surface area contributed by atoms with Crippen molar-refractivity contribution in [2.75, 3.05) is 0 Å². The highest BCUT2D eigenvalue weighted by Gasteiger charge is 2.21. The van der Waals surface area contributed by atoms with Gasteiger partial charge in [0.25, 0.3) is 5.91 Å². The van der Waals surface area contributed by atoms with Gasteiger partial charge >= 0.3 is 5.69 Å². The molecule has 4 rings (SSSR count). The second-order valence-corrected chi connectivity index (χ2v) is 6.86. The normalized spacial score (nSPS) is 16.9. The fourth-order valence-electron chi connectivity index (χ4n) is 3.00. The topological polar surface area (TPSA) is 92.7 Å². The molecular weight excluding hydrogens is 338 g/mol. The first-order chi connectivity index (χ1) is 12.2. The maximum Gasteiger partial charge on any atom is 0.343 e. The number of nitrogens with zero attached hydrogens (tertiary/aromatic N) is 3. The summed E-state index contributed by atoms with van der Waals surface area (Å²) in [5.41, 5.74) is 1.25. The number of fused-ring (bicyclic) bond motifs is 1. The first-order valence-corrected chi connectivity index (χ1v) is 9.04. The number of aromatic nitrogens is 4. The summed E-state index contributed by atoms with van der Waals surface area (Å²) in [6.07, 6.45) is 2.12. The molecule has 1 unspecified atom stereocenters. The summed E-state index contributed by atoms with van der Waals surface area (Å²) in [6, 6.07) is 9.82. The third-order valence-electron chi connectivity index (χ3n) is 4.35. The fraction of sp³-hybridized carbons (Fsp3) is 0.294. The molecule has 0 saturated heterocycles. The molecule has 1 aliphatic heterocycles. The molecule has 3 aromatic rings. The van der Waals surface area contributed by atoms with Crippen LogP contribution in [0.3, 0.4) is 0 Å². The van der Waals surface area contributed by atoms with Gasteiger partial charge in [-0.15, -0.1) is 11.3 Å². The third kappa shape index (κ3) is 3.25. The van der Waals surface area contributed by atoms with Gasteiger partial charge in [-0.1, -0.05) is 30.3 Å². The Morgan fingerprint density at radius 2 is 2.12 bits per heavy atom. The zero-order valence-electron chi connectivity index (χ0n) is 13.4. The molecule has 1 atom stereocenters. The minimum Gasteiger partial charge on any atom is -0.348 e. The predicted molar refractivity (Wildman–Crippen MR) is 94.6 cm³/mol. The lowest BCUT2D eigenvalue weighted by Crippen LogP contribution is -2.35. The number of H-pyrrole nitrogens is 1. The number of carbonyl (C=O) groups is 1. The molecule has 0 radical (unpaired) electrons. The Morgan fingerprint density at radius 3 is 2.96 bits per heavy atom. The van der Waals surface area contributed by atoms with Gasteiger partial charge in [-0.3, -0.25) is 9.36 Å². The number of amides is 1. The lowest BCUT2D eigenvalue weighted by molar-refractivity contribution is 0.0928. The number of aryl methyl sites for hydroxylation is 1. The van der Waals surface area contributed by atoms with E-state index in [9.17, 15) is 9.59 Å². The Kier molecular flexibility index (Phi) is 4.19. The molecule has 0 bridgehead atoms. The minimum absolute atomic E-state index is 0.00970. The molecule has 1 aromatic carbocycles. The standard InChI is InChI=1S/C17H17N5O2S/c23-15(13-10-25-16(19-13)11-4-2-1-3-5-11)18-12-6-7-14-20-21-17(24)22(14)9-8-12/h1-5,10,12H,6-9H2,(H,18,23)(H,21,24). The first kappa shape index (κ1) is 15.8. The van der Waals surface area contributed by atoms with Gasteiger partial charge in [-0.25, -0.2) is 14.9 Å². The van der Waals surface area contributed by atoms with Crippen molar-refractivity contribution in [2.45, 2.75) is 31.8 Å². The van der Waals surface area contributed by atoms with Crippen LogP contribution in [-0.4, -0.2) is 31.7 Å². The molecule has 0 spiro atoms. The Bertz CT molecular complexity index is 943. The summed E-state index contributed by atoms with van der Waals surface area (Å²) >= 11 is 1.46. The van der Waals surface area contributed by atoms with Crippen LogP contribution in [0.4, 0.5) is 0 Å². The largest absolute Gasteiger partial charge is 0.348 e. The number of thiazole rings is 1. The van der Waals surface area contributed by atoms with Gasteiger partial charge in [0, 0.05) is 30.0 Å². The number of hydrogen-bond acceptors (Lipinski definition) is 5. The van der Waals surface area contributed by atoms with Crippen molar-refractivity contribution >= 4 is 17.2 Å². The molecule has 1 amide bonds. The zero-order valence-corrected chi connectivity index (χ0v) is 14.3. The van der Waals surface area contributed by atoms with Gasteiger partial charge in [0.15, 0.2) is 0 Å². The van der Waals surface area contributed by atoms with E-state index >= 15 is 0 Å². The number of aromatic amines is 1. The van der Waals surface area contributed by atoms with E-state index in [4.69, 9.17) is 0 Å². The quantitative estimate of drug-likeness (QED) is 0.750. The zero-order chi connectivity index (χ0) is 17.2. The smallest absolute Gasteiger partial charge is 0.343 e. The highest BCUT2D eigenvalue weighted by atomic mass is 32.1. The van der Waals surface area contributed by atoms with Gasteiger partial charge in [0.05, 0.1) is 0 Å². The Morgan fingerprint density at radius 1 is 1.28 bits per heavy atom. The van der Waals surface area contributed by atoms with Crippen LogP contribution < -0.4 is 11.0 Å². The number of carbonyl (C=O) groups excluding carboxylic acids is 1. The summed E-state index contributed by atoms with van der Waals surface area (Å²) in [5, 5.41) is 12.1. The lowest BCUT2D eigenvalue weighted by atomic mass is 10.1. The first-order valence-electron chi connectivity index (χ1n) is 8.16. The number of benzene rings is 1. The fourth-order valence-corrected chi connectivity index (χ4v) is 3.81. The van der Waals surface area contributed by atoms with E-state index in [1.54, 1.807) is 9.95 Å². The van der Waals surface area contributed by atoms with E-state index < -0.39 is 0 Å². The SMILES string of the molecule is O=C(NC1CCc2n[nH]c(=O)n2CC1)c1csc(-c2ccccc2)n1. The second kappa shape index (κ2) is 6.64. The van der Waals surface area contributed by atoms with Crippen LogP contribution in [0.2, 0.25) is 0 Å². The highest BCUT2D eigenvalue weighted by Crippen LogP contribution is 2.23. The van der Waals surface area contributed by atoms with Crippen molar-refractivity contribution in [1.29, 1.82) is 0 Å². The van der Waals surface area contributed by atoms with Crippen molar-refractivity contribution in [1.82, 2.24) is 25.1 Å². The molecule has 1 aliphatic rings. The molecule has 8 heteroatoms. The average Bonchev–Trinajstić information content (AvgIpc) is 3.20. The predicted octanol–water partition coefficient (Wildman–Crippen LogP) is 1.83. The van der Waals surface area contributed by atoms with Crippen molar-refractivity contribution in [3.63, 3.8) is 0 Å². The van der Waals surface area contributed by atoms with E-state index in [0.717, 1.165) is 22.8 Å². The van der Waals surface area contributed by atoms with E-state index in [1.807, 2.05) is 30.3 Å². The maximum atomic E-state index is 12.5. The van der Waals surface area contributed by atoms with Crippen LogP contribution in [0.15, 0.2) is 40.5 Å². The van der Waals surface area contributed by atoms with Crippen LogP contribution >= 0.6 is 11.3 Å². The monoisotopic (exact) mass is 355 g/mol. The molecule has 25 heavy (non-hydrogen) atoms. The van der Waals surface area contributed by atoms with Crippen LogP contribution in [0.25, 0.3) is 10.6 Å². The summed E-state index contributed by atoms with van der Waals surface area (Å²) in [6.45, 7) is 0.557. The summed E-state index contributed by atoms with van der Waals surface area (Å²) in [5.74, 6) is 0.582. The van der Waals surface area contributed by atoms with Crippen molar-refractivity contribution in [3.05, 3.63) is 57.7 Å². The summed E-state index contributed by atoms with van der Waals surface area (Å²) in [7, 11) is 0.